The molecule has 0 amide bonds. The lowest BCUT2D eigenvalue weighted by molar-refractivity contribution is 0.275. The summed E-state index contributed by atoms with van der Waals surface area (Å²) in [5.41, 5.74) is 0. The van der Waals surface area contributed by atoms with E-state index in [1.807, 2.05) is 0 Å². The molecule has 0 aromatic rings. The Morgan fingerprint density at radius 2 is 1.33 bits per heavy atom. The van der Waals surface area contributed by atoms with E-state index in [1.165, 1.54) is 0 Å². The molecule has 0 aliphatic heterocycles. The van der Waals surface area contributed by atoms with E-state index in [4.69, 9.17) is 19.2 Å². The van der Waals surface area contributed by atoms with Crippen LogP contribution in [-0.2, 0) is 4.57 Å². The molecule has 0 aromatic heterocycles. The lowest BCUT2D eigenvalue weighted by Crippen LogP contribution is -1.66. The van der Waals surface area contributed by atoms with Gasteiger partial charge in [0.05, 0.1) is 0 Å². The summed E-state index contributed by atoms with van der Waals surface area (Å²) >= 11 is 0. The van der Waals surface area contributed by atoms with E-state index in [2.05, 4.69) is 0 Å². The smallest absolute Gasteiger partial charge is 0.303 e. The molecular formula is H8O4P2+2. The average Bonchev–Trinajstić information content (AvgIpc) is 0.722. The fourth-order valence-corrected chi connectivity index (χ4v) is 0. The van der Waals surface area contributed by atoms with Crippen molar-refractivity contribution in [2.45, 2.75) is 0 Å². The molecule has 0 spiro atoms. The first kappa shape index (κ1) is 9.74. The van der Waals surface area contributed by atoms with Gasteiger partial charge in [0.25, 0.3) is 0 Å². The van der Waals surface area contributed by atoms with Crippen LogP contribution >= 0.6 is 17.7 Å². The summed E-state index contributed by atoms with van der Waals surface area (Å²) in [7, 11) is -4.64. The van der Waals surface area contributed by atoms with Gasteiger partial charge >= 0.3 is 10.7 Å². The van der Waals surface area contributed by atoms with Gasteiger partial charge in [0.2, 0.25) is 0 Å². The molecule has 0 radical (unpaired) electrons. The number of rotatable bonds is 0. The molecule has 6 heteroatoms. The maximum absolute atomic E-state index is 8.88. The summed E-state index contributed by atoms with van der Waals surface area (Å²) in [5.74, 6) is 0. The van der Waals surface area contributed by atoms with Crippen molar-refractivity contribution >= 4 is 17.7 Å². The van der Waals surface area contributed by atoms with Crippen molar-refractivity contribution in [2.24, 2.45) is 0 Å². The zero-order valence-corrected chi connectivity index (χ0v) is 5.21. The molecule has 0 aliphatic rings. The van der Waals surface area contributed by atoms with Gasteiger partial charge in [0.15, 0.2) is 0 Å². The Labute approximate surface area is 41.0 Å². The molecule has 0 aromatic carbocycles. The largest absolute Gasteiger partial charge is 1.00 e. The quantitative estimate of drug-likeness (QED) is 0.385. The second-order valence-corrected chi connectivity index (χ2v) is 1.54. The maximum atomic E-state index is 8.88. The van der Waals surface area contributed by atoms with E-state index in [9.17, 15) is 0 Å². The third kappa shape index (κ3) is 195. The van der Waals surface area contributed by atoms with Crippen LogP contribution in [0.2, 0.25) is 0 Å². The minimum absolute atomic E-state index is 0. The maximum Gasteiger partial charge on any atom is 1.00 e. The lowest BCUT2D eigenvalue weighted by Gasteiger charge is -1.82. The van der Waals surface area contributed by atoms with Crippen molar-refractivity contribution in [2.75, 3.05) is 0 Å². The number of hydrogen-bond acceptors (Lipinski definition) is 1. The van der Waals surface area contributed by atoms with Crippen molar-refractivity contribution in [3.05, 3.63) is 0 Å². The Hall–Kier alpha value is 0.540. The predicted molar refractivity (Wildman–Crippen MR) is 27.6 cm³/mol. The Morgan fingerprint density at radius 3 is 1.33 bits per heavy atom. The summed E-state index contributed by atoms with van der Waals surface area (Å²) in [5, 5.41) is 0. The topological polar surface area (TPSA) is 77.8 Å². The SMILES string of the molecule is O=P(O)(O)O.P.[H+].[H+]. The number of hydrogen-bond donors (Lipinski definition) is 3. The van der Waals surface area contributed by atoms with Crippen LogP contribution in [0.5, 0.6) is 0 Å². The van der Waals surface area contributed by atoms with E-state index in [1.54, 1.807) is 0 Å². The fraction of sp³-hybridized carbons (Fsp3) is 0. The summed E-state index contributed by atoms with van der Waals surface area (Å²) in [6, 6.07) is 0. The minimum Gasteiger partial charge on any atom is -0.303 e. The molecular weight excluding hydrogens is 126 g/mol. The van der Waals surface area contributed by atoms with Gasteiger partial charge in [-0.05, 0) is 0 Å². The van der Waals surface area contributed by atoms with Crippen molar-refractivity contribution in [3.8, 4) is 0 Å². The highest BCUT2D eigenvalue weighted by atomic mass is 31.2. The van der Waals surface area contributed by atoms with Crippen LogP contribution in [0.25, 0.3) is 0 Å². The molecule has 6 heavy (non-hydrogen) atoms. The van der Waals surface area contributed by atoms with Gasteiger partial charge in [0, 0.05) is 0 Å². The highest BCUT2D eigenvalue weighted by Gasteiger charge is 2.00. The Balaban J connectivity index is -0.0000000267. The van der Waals surface area contributed by atoms with Crippen LogP contribution in [0.4, 0.5) is 0 Å². The van der Waals surface area contributed by atoms with Crippen molar-refractivity contribution in [3.63, 3.8) is 0 Å². The molecule has 0 bridgehead atoms. The summed E-state index contributed by atoms with van der Waals surface area (Å²) in [6.45, 7) is 0. The van der Waals surface area contributed by atoms with E-state index in [0.717, 1.165) is 0 Å². The second-order valence-electron chi connectivity index (χ2n) is 0.513. The van der Waals surface area contributed by atoms with Gasteiger partial charge < -0.3 is 14.7 Å². The molecule has 0 aliphatic carbocycles. The molecule has 1 unspecified atom stereocenters. The van der Waals surface area contributed by atoms with E-state index >= 15 is 0 Å². The Kier molecular flexibility index (Phi) is 4.33. The van der Waals surface area contributed by atoms with E-state index < -0.39 is 7.82 Å². The lowest BCUT2D eigenvalue weighted by atomic mass is 15.8. The molecule has 0 rings (SSSR count). The molecule has 1 atom stereocenters. The predicted octanol–water partition coefficient (Wildman–Crippen LogP) is -0.645. The highest BCUT2D eigenvalue weighted by Crippen LogP contribution is 2.25. The van der Waals surface area contributed by atoms with Crippen molar-refractivity contribution in [1.29, 1.82) is 0 Å². The zero-order chi connectivity index (χ0) is 4.50. The number of phosphoric acid groups is 1. The van der Waals surface area contributed by atoms with Gasteiger partial charge in [-0.2, -0.15) is 9.90 Å². The first-order valence-electron chi connectivity index (χ1n) is 0.783. The third-order valence-electron chi connectivity index (χ3n) is 0. The summed E-state index contributed by atoms with van der Waals surface area (Å²) < 4.78 is 8.88. The van der Waals surface area contributed by atoms with Gasteiger partial charge in [-0.1, -0.05) is 0 Å². The molecule has 0 saturated heterocycles. The van der Waals surface area contributed by atoms with Gasteiger partial charge in [0.1, 0.15) is 0 Å². The van der Waals surface area contributed by atoms with Crippen LogP contribution in [0, 0.1) is 0 Å². The Bertz CT molecular complexity index is 58.2. The molecule has 0 fully saturated rings. The zero-order valence-electron chi connectivity index (χ0n) is 4.90. The molecule has 3 N–H and O–H groups in total. The normalized spacial score (nSPS) is 9.83. The Morgan fingerprint density at radius 1 is 1.33 bits per heavy atom. The van der Waals surface area contributed by atoms with Gasteiger partial charge in [-0.25, -0.2) is 4.57 Å². The monoisotopic (exact) mass is 134 g/mol. The molecule has 4 nitrogen and oxygen atoms in total. The first-order chi connectivity index (χ1) is 2.00. The highest BCUT2D eigenvalue weighted by molar-refractivity contribution is 7.45. The van der Waals surface area contributed by atoms with Crippen LogP contribution in [0.1, 0.15) is 2.85 Å². The van der Waals surface area contributed by atoms with E-state index in [-0.39, 0.29) is 12.8 Å². The first-order valence-corrected chi connectivity index (χ1v) is 2.35. The molecule has 0 saturated carbocycles. The summed E-state index contributed by atoms with van der Waals surface area (Å²) in [4.78, 5) is 21.6. The van der Waals surface area contributed by atoms with Crippen LogP contribution in [0.3, 0.4) is 0 Å². The fourth-order valence-electron chi connectivity index (χ4n) is 0. The van der Waals surface area contributed by atoms with Gasteiger partial charge in [-0.3, -0.25) is 0 Å². The van der Waals surface area contributed by atoms with Crippen LogP contribution in [0.15, 0.2) is 0 Å². The molecule has 40 valence electrons. The van der Waals surface area contributed by atoms with Crippen LogP contribution in [-0.4, -0.2) is 14.7 Å². The average molecular weight is 134 g/mol. The van der Waals surface area contributed by atoms with E-state index in [0.29, 0.717) is 0 Å². The summed E-state index contributed by atoms with van der Waals surface area (Å²) in [6.07, 6.45) is 0. The van der Waals surface area contributed by atoms with Gasteiger partial charge in [-0.15, -0.1) is 0 Å². The van der Waals surface area contributed by atoms with Crippen LogP contribution < -0.4 is 0 Å². The standard InChI is InChI=1S/H3O4P.H3P/c1-5(2,3)4;/h(H3,1,2,3,4);1H3/p+2. The van der Waals surface area contributed by atoms with Crippen molar-refractivity contribution < 1.29 is 22.1 Å². The third-order valence-corrected chi connectivity index (χ3v) is 0. The second kappa shape index (κ2) is 2.67. The molecule has 0 heterocycles. The van der Waals surface area contributed by atoms with Crippen molar-refractivity contribution in [1.82, 2.24) is 0 Å². The minimum atomic E-state index is -4.64.